The Morgan fingerprint density at radius 1 is 1.08 bits per heavy atom. The van der Waals surface area contributed by atoms with Gasteiger partial charge in [-0.15, -0.1) is 0 Å². The average Bonchev–Trinajstić information content (AvgIpc) is 3.64. The molecule has 192 valence electrons. The monoisotopic (exact) mass is 548 g/mol. The van der Waals surface area contributed by atoms with Crippen molar-refractivity contribution < 1.29 is 17.9 Å². The van der Waals surface area contributed by atoms with Crippen molar-refractivity contribution in [2.75, 3.05) is 5.75 Å². The van der Waals surface area contributed by atoms with Gasteiger partial charge in [0.25, 0.3) is 5.91 Å². The number of benzene rings is 2. The molecule has 0 N–H and O–H groups in total. The van der Waals surface area contributed by atoms with E-state index in [1.165, 1.54) is 0 Å². The molecule has 36 heavy (non-hydrogen) atoms. The Morgan fingerprint density at radius 3 is 2.31 bits per heavy atom. The van der Waals surface area contributed by atoms with Gasteiger partial charge in [-0.1, -0.05) is 47.5 Å². The average molecular weight is 550 g/mol. The zero-order valence-electron chi connectivity index (χ0n) is 20.5. The Balaban J connectivity index is 1.89. The molecular formula is C27H30Cl2N2O4S. The van der Waals surface area contributed by atoms with Crippen LogP contribution in [0.1, 0.15) is 63.3 Å². The van der Waals surface area contributed by atoms with Crippen molar-refractivity contribution in [3.8, 4) is 6.07 Å². The molecule has 0 aromatic heterocycles. The highest BCUT2D eigenvalue weighted by Crippen LogP contribution is 2.48. The molecule has 0 spiro atoms. The van der Waals surface area contributed by atoms with Gasteiger partial charge in [-0.3, -0.25) is 4.79 Å². The highest BCUT2D eigenvalue weighted by atomic mass is 35.5. The molecule has 1 aliphatic carbocycles. The molecule has 1 saturated carbocycles. The second-order valence-corrected chi connectivity index (χ2v) is 14.2. The number of hydrogen-bond acceptors (Lipinski definition) is 5. The minimum atomic E-state index is -3.55. The van der Waals surface area contributed by atoms with Crippen LogP contribution in [0.25, 0.3) is 0 Å². The summed E-state index contributed by atoms with van der Waals surface area (Å²) < 4.78 is 32.1. The van der Waals surface area contributed by atoms with Crippen LogP contribution >= 0.6 is 23.2 Å². The summed E-state index contributed by atoms with van der Waals surface area (Å²) >= 11 is 12.5. The smallest absolute Gasteiger partial charge is 0.253 e. The molecule has 6 nitrogen and oxygen atoms in total. The summed E-state index contributed by atoms with van der Waals surface area (Å²) in [4.78, 5) is 15.6. The fourth-order valence-corrected chi connectivity index (χ4v) is 6.39. The number of morpholine rings is 1. The number of hydrogen-bond donors (Lipinski definition) is 0. The van der Waals surface area contributed by atoms with Crippen molar-refractivity contribution in [3.05, 3.63) is 69.7 Å². The Morgan fingerprint density at radius 2 is 1.75 bits per heavy atom. The Bertz CT molecular complexity index is 1260. The number of nitrogens with zero attached hydrogens (tertiary/aromatic N) is 2. The lowest BCUT2D eigenvalue weighted by Crippen LogP contribution is -2.57. The van der Waals surface area contributed by atoms with Gasteiger partial charge in [0.05, 0.1) is 29.0 Å². The van der Waals surface area contributed by atoms with E-state index >= 15 is 0 Å². The second kappa shape index (κ2) is 10.3. The minimum absolute atomic E-state index is 0.0572. The molecule has 1 amide bonds. The predicted molar refractivity (Wildman–Crippen MR) is 140 cm³/mol. The molecule has 0 radical (unpaired) electrons. The van der Waals surface area contributed by atoms with E-state index < -0.39 is 38.9 Å². The summed E-state index contributed by atoms with van der Waals surface area (Å²) in [6.07, 6.45) is -0.121. The first-order chi connectivity index (χ1) is 16.9. The summed E-state index contributed by atoms with van der Waals surface area (Å²) in [5.74, 6) is -0.462. The number of amides is 1. The summed E-state index contributed by atoms with van der Waals surface area (Å²) in [5, 5.41) is 10.5. The quantitative estimate of drug-likeness (QED) is 0.429. The summed E-state index contributed by atoms with van der Waals surface area (Å²) in [5.41, 5.74) is 1.52. The van der Waals surface area contributed by atoms with Crippen LogP contribution in [0.3, 0.4) is 0 Å². The first kappa shape index (κ1) is 26.9. The lowest BCUT2D eigenvalue weighted by Gasteiger charge is -2.48. The maximum Gasteiger partial charge on any atom is 0.253 e. The van der Waals surface area contributed by atoms with Gasteiger partial charge < -0.3 is 9.64 Å². The molecule has 4 rings (SSSR count). The molecule has 2 aromatic carbocycles. The fraction of sp³-hybridized carbons (Fsp3) is 0.481. The van der Waals surface area contributed by atoms with E-state index in [2.05, 4.69) is 6.07 Å². The van der Waals surface area contributed by atoms with E-state index in [0.29, 0.717) is 10.0 Å². The Labute approximate surface area is 223 Å². The molecule has 1 aliphatic heterocycles. The number of ether oxygens (including phenoxy) is 1. The minimum Gasteiger partial charge on any atom is -0.357 e. The van der Waals surface area contributed by atoms with Crippen LogP contribution in [-0.4, -0.2) is 41.9 Å². The van der Waals surface area contributed by atoms with Gasteiger partial charge in [0.15, 0.2) is 9.84 Å². The number of sulfone groups is 1. The zero-order chi connectivity index (χ0) is 26.3. The van der Waals surface area contributed by atoms with Crippen LogP contribution in [0.4, 0.5) is 0 Å². The molecule has 4 unspecified atom stereocenters. The van der Waals surface area contributed by atoms with E-state index in [1.807, 2.05) is 24.3 Å². The van der Waals surface area contributed by atoms with Gasteiger partial charge in [-0.05, 0) is 74.9 Å². The highest BCUT2D eigenvalue weighted by molar-refractivity contribution is 7.92. The molecule has 2 fully saturated rings. The van der Waals surface area contributed by atoms with Gasteiger partial charge in [-0.25, -0.2) is 8.42 Å². The first-order valence-corrected chi connectivity index (χ1v) is 14.4. The van der Waals surface area contributed by atoms with Crippen LogP contribution in [0.15, 0.2) is 48.5 Å². The lowest BCUT2D eigenvalue weighted by atomic mass is 9.89. The molecule has 2 aromatic rings. The first-order valence-electron chi connectivity index (χ1n) is 12.0. The molecule has 2 aliphatic rings. The van der Waals surface area contributed by atoms with Crippen molar-refractivity contribution in [3.63, 3.8) is 0 Å². The van der Waals surface area contributed by atoms with Crippen molar-refractivity contribution in [1.29, 1.82) is 5.26 Å². The number of carbonyl (C=O) groups excluding carboxylic acids is 1. The van der Waals surface area contributed by atoms with Gasteiger partial charge in [0.2, 0.25) is 0 Å². The van der Waals surface area contributed by atoms with Crippen LogP contribution in [0.5, 0.6) is 0 Å². The van der Waals surface area contributed by atoms with Crippen molar-refractivity contribution >= 4 is 38.9 Å². The second-order valence-electron chi connectivity index (χ2n) is 10.5. The van der Waals surface area contributed by atoms with Gasteiger partial charge in [-0.2, -0.15) is 5.26 Å². The fourth-order valence-electron chi connectivity index (χ4n) is 4.69. The van der Waals surface area contributed by atoms with Crippen LogP contribution in [-0.2, 0) is 19.4 Å². The third kappa shape index (κ3) is 5.57. The van der Waals surface area contributed by atoms with Crippen LogP contribution < -0.4 is 0 Å². The molecular weight excluding hydrogens is 519 g/mol. The van der Waals surface area contributed by atoms with Crippen LogP contribution in [0.2, 0.25) is 10.0 Å². The van der Waals surface area contributed by atoms with E-state index in [-0.39, 0.29) is 24.0 Å². The Hall–Kier alpha value is -2.11. The number of halogens is 2. The number of rotatable bonds is 7. The standard InChI is InChI=1S/C27H30Cl2N2O4S/c1-27(2,3)36(33,34)16-22(17-7-8-17)31-24(18-9-11-20(28)12-10-18)25(19-5-4-6-21(29)15-19)35-23(13-14-30)26(31)32/h4-6,9-12,15,17,22-25H,7-8,13,16H2,1-3H3. The molecule has 9 heteroatoms. The van der Waals surface area contributed by atoms with Crippen molar-refractivity contribution in [2.45, 2.75) is 69.1 Å². The van der Waals surface area contributed by atoms with E-state index in [9.17, 15) is 18.5 Å². The van der Waals surface area contributed by atoms with E-state index in [4.69, 9.17) is 27.9 Å². The van der Waals surface area contributed by atoms with Gasteiger partial charge >= 0.3 is 0 Å². The van der Waals surface area contributed by atoms with Crippen molar-refractivity contribution in [2.24, 2.45) is 5.92 Å². The SMILES string of the molecule is CC(C)(C)S(=O)(=O)CC(C1CC1)N1C(=O)C(CC#N)OC(c2cccc(Cl)c2)C1c1ccc(Cl)cc1. The van der Waals surface area contributed by atoms with Gasteiger partial charge in [0, 0.05) is 16.1 Å². The molecule has 1 saturated heterocycles. The lowest BCUT2D eigenvalue weighted by molar-refractivity contribution is -0.178. The maximum atomic E-state index is 13.9. The normalized spacial score (nSPS) is 23.8. The van der Waals surface area contributed by atoms with E-state index in [1.54, 1.807) is 49.9 Å². The molecule has 1 heterocycles. The predicted octanol–water partition coefficient (Wildman–Crippen LogP) is 5.91. The third-order valence-electron chi connectivity index (χ3n) is 6.94. The molecule has 0 bridgehead atoms. The highest BCUT2D eigenvalue weighted by Gasteiger charge is 2.51. The molecule has 4 atom stereocenters. The van der Waals surface area contributed by atoms with Gasteiger partial charge in [0.1, 0.15) is 12.2 Å². The summed E-state index contributed by atoms with van der Waals surface area (Å²) in [6, 6.07) is 15.3. The third-order valence-corrected chi connectivity index (χ3v) is 10.1. The Kier molecular flexibility index (Phi) is 7.73. The largest absolute Gasteiger partial charge is 0.357 e. The zero-order valence-corrected chi connectivity index (χ0v) is 22.9. The summed E-state index contributed by atoms with van der Waals surface area (Å²) in [7, 11) is -3.55. The number of carbonyl (C=O) groups is 1. The van der Waals surface area contributed by atoms with Crippen LogP contribution in [0, 0.1) is 17.2 Å². The maximum absolute atomic E-state index is 13.9. The number of nitriles is 1. The topological polar surface area (TPSA) is 87.5 Å². The van der Waals surface area contributed by atoms with E-state index in [0.717, 1.165) is 24.0 Å². The van der Waals surface area contributed by atoms with Crippen molar-refractivity contribution in [1.82, 2.24) is 4.90 Å². The summed E-state index contributed by atoms with van der Waals surface area (Å²) in [6.45, 7) is 5.03.